The van der Waals surface area contributed by atoms with Crippen LogP contribution in [0.1, 0.15) is 57.8 Å². The minimum atomic E-state index is -4.03. The first-order chi connectivity index (χ1) is 9.55. The molecule has 1 N–H and O–H groups in total. The van der Waals surface area contributed by atoms with E-state index in [1.54, 1.807) is 0 Å². The Morgan fingerprint density at radius 2 is 1.70 bits per heavy atom. The van der Waals surface area contributed by atoms with Crippen molar-refractivity contribution in [2.24, 2.45) is 5.92 Å². The molecule has 0 amide bonds. The van der Waals surface area contributed by atoms with E-state index in [9.17, 15) is 13.2 Å². The zero-order valence-corrected chi connectivity index (χ0v) is 12.1. The Morgan fingerprint density at radius 1 is 0.950 bits per heavy atom. The Bertz CT molecular complexity index is 277. The van der Waals surface area contributed by atoms with Gasteiger partial charge < -0.3 is 10.1 Å². The first-order valence-electron chi connectivity index (χ1n) is 7.97. The topological polar surface area (TPSA) is 21.3 Å². The molecule has 2 rings (SSSR count). The Hall–Kier alpha value is -0.290. The van der Waals surface area contributed by atoms with Crippen molar-refractivity contribution in [3.8, 4) is 0 Å². The molecule has 0 aromatic heterocycles. The van der Waals surface area contributed by atoms with Crippen LogP contribution in [0.3, 0.4) is 0 Å². The molecule has 118 valence electrons. The monoisotopic (exact) mass is 293 g/mol. The van der Waals surface area contributed by atoms with Crippen LogP contribution in [0.5, 0.6) is 0 Å². The van der Waals surface area contributed by atoms with Crippen LogP contribution < -0.4 is 5.32 Å². The highest BCUT2D eigenvalue weighted by Crippen LogP contribution is 2.37. The number of hydrogen-bond donors (Lipinski definition) is 1. The van der Waals surface area contributed by atoms with Gasteiger partial charge in [0.1, 0.15) is 0 Å². The van der Waals surface area contributed by atoms with E-state index >= 15 is 0 Å². The van der Waals surface area contributed by atoms with Crippen molar-refractivity contribution in [3.63, 3.8) is 0 Å². The number of hydrogen-bond acceptors (Lipinski definition) is 2. The van der Waals surface area contributed by atoms with Crippen LogP contribution >= 0.6 is 0 Å². The van der Waals surface area contributed by atoms with Gasteiger partial charge in [0, 0.05) is 12.6 Å². The van der Waals surface area contributed by atoms with E-state index in [0.717, 1.165) is 19.3 Å². The fourth-order valence-corrected chi connectivity index (χ4v) is 3.39. The summed E-state index contributed by atoms with van der Waals surface area (Å²) in [6, 6.07) is 0.00494. The van der Waals surface area contributed by atoms with E-state index in [4.69, 9.17) is 4.74 Å². The highest BCUT2D eigenvalue weighted by atomic mass is 19.4. The summed E-state index contributed by atoms with van der Waals surface area (Å²) in [4.78, 5) is 0. The zero-order valence-electron chi connectivity index (χ0n) is 12.1. The van der Waals surface area contributed by atoms with Crippen LogP contribution in [0, 0.1) is 5.92 Å². The molecule has 0 radical (unpaired) electrons. The number of rotatable bonds is 5. The summed E-state index contributed by atoms with van der Waals surface area (Å²) in [5, 5.41) is 3.24. The Balaban J connectivity index is 1.59. The van der Waals surface area contributed by atoms with Gasteiger partial charge in [0.25, 0.3) is 0 Å². The van der Waals surface area contributed by atoms with Gasteiger partial charge in [-0.25, -0.2) is 0 Å². The van der Waals surface area contributed by atoms with Crippen molar-refractivity contribution in [1.29, 1.82) is 0 Å². The van der Waals surface area contributed by atoms with E-state index in [1.165, 1.54) is 19.3 Å². The number of ether oxygens (including phenoxy) is 1. The van der Waals surface area contributed by atoms with Crippen LogP contribution in [0.25, 0.3) is 0 Å². The lowest BCUT2D eigenvalue weighted by atomic mass is 9.85. The van der Waals surface area contributed by atoms with E-state index < -0.39 is 12.1 Å². The first kappa shape index (κ1) is 16.1. The molecule has 2 aliphatic rings. The molecule has 2 aliphatic carbocycles. The van der Waals surface area contributed by atoms with Gasteiger partial charge in [0.2, 0.25) is 0 Å². The maximum absolute atomic E-state index is 12.7. The fraction of sp³-hybridized carbons (Fsp3) is 1.00. The van der Waals surface area contributed by atoms with Crippen molar-refractivity contribution in [2.75, 3.05) is 13.2 Å². The normalized spacial score (nSPS) is 29.6. The third-order valence-electron chi connectivity index (χ3n) is 4.58. The molecule has 0 heterocycles. The van der Waals surface area contributed by atoms with Gasteiger partial charge in [-0.2, -0.15) is 13.2 Å². The summed E-state index contributed by atoms with van der Waals surface area (Å²) in [7, 11) is 0. The Morgan fingerprint density at radius 3 is 2.40 bits per heavy atom. The SMILES string of the molecule is FC(F)(F)C1CCCC(NCCOC2CCCCC2)C1. The van der Waals surface area contributed by atoms with Crippen molar-refractivity contribution in [1.82, 2.24) is 5.32 Å². The standard InChI is InChI=1S/C15H26F3NO/c16-15(17,18)12-5-4-6-13(11-12)19-9-10-20-14-7-2-1-3-8-14/h12-14,19H,1-11H2. The summed E-state index contributed by atoms with van der Waals surface area (Å²) in [6.07, 6.45) is 4.47. The third kappa shape index (κ3) is 5.24. The second-order valence-corrected chi connectivity index (χ2v) is 6.19. The zero-order chi connectivity index (χ0) is 14.4. The maximum atomic E-state index is 12.7. The largest absolute Gasteiger partial charge is 0.391 e. The van der Waals surface area contributed by atoms with Crippen LogP contribution in [-0.4, -0.2) is 31.5 Å². The fourth-order valence-electron chi connectivity index (χ4n) is 3.39. The third-order valence-corrected chi connectivity index (χ3v) is 4.58. The van der Waals surface area contributed by atoms with E-state index in [1.807, 2.05) is 0 Å². The Kier molecular flexibility index (Phi) is 6.15. The molecule has 0 aromatic rings. The molecular weight excluding hydrogens is 267 g/mol. The molecule has 0 saturated heterocycles. The molecule has 2 fully saturated rings. The van der Waals surface area contributed by atoms with E-state index in [-0.39, 0.29) is 12.5 Å². The van der Waals surface area contributed by atoms with E-state index in [2.05, 4.69) is 5.32 Å². The van der Waals surface area contributed by atoms with Crippen molar-refractivity contribution < 1.29 is 17.9 Å². The van der Waals surface area contributed by atoms with E-state index in [0.29, 0.717) is 32.1 Å². The van der Waals surface area contributed by atoms with Gasteiger partial charge in [0.15, 0.2) is 0 Å². The summed E-state index contributed by atoms with van der Waals surface area (Å²) < 4.78 is 43.9. The maximum Gasteiger partial charge on any atom is 0.391 e. The molecule has 2 unspecified atom stereocenters. The number of nitrogens with one attached hydrogen (secondary N) is 1. The molecule has 0 spiro atoms. The molecule has 2 nitrogen and oxygen atoms in total. The van der Waals surface area contributed by atoms with Gasteiger partial charge in [-0.3, -0.25) is 0 Å². The molecule has 5 heteroatoms. The average molecular weight is 293 g/mol. The van der Waals surface area contributed by atoms with Gasteiger partial charge in [-0.15, -0.1) is 0 Å². The predicted octanol–water partition coefficient (Wildman–Crippen LogP) is 4.05. The van der Waals surface area contributed by atoms with Crippen LogP contribution in [0.4, 0.5) is 13.2 Å². The summed E-state index contributed by atoms with van der Waals surface area (Å²) >= 11 is 0. The van der Waals surface area contributed by atoms with Crippen LogP contribution in [-0.2, 0) is 4.74 Å². The second kappa shape index (κ2) is 7.64. The highest BCUT2D eigenvalue weighted by molar-refractivity contribution is 4.81. The molecule has 0 bridgehead atoms. The molecule has 20 heavy (non-hydrogen) atoms. The van der Waals surface area contributed by atoms with Crippen molar-refractivity contribution >= 4 is 0 Å². The average Bonchev–Trinajstić information content (AvgIpc) is 2.44. The van der Waals surface area contributed by atoms with Crippen LogP contribution in [0.2, 0.25) is 0 Å². The summed E-state index contributed by atoms with van der Waals surface area (Å²) in [5.41, 5.74) is 0. The lowest BCUT2D eigenvalue weighted by Gasteiger charge is -2.31. The molecule has 0 aliphatic heterocycles. The van der Waals surface area contributed by atoms with Gasteiger partial charge in [0.05, 0.1) is 18.6 Å². The lowest BCUT2D eigenvalue weighted by molar-refractivity contribution is -0.183. The quantitative estimate of drug-likeness (QED) is 0.772. The van der Waals surface area contributed by atoms with Gasteiger partial charge >= 0.3 is 6.18 Å². The predicted molar refractivity (Wildman–Crippen MR) is 72.6 cm³/mol. The summed E-state index contributed by atoms with van der Waals surface area (Å²) in [5.74, 6) is -1.12. The Labute approximate surface area is 119 Å². The number of halogens is 3. The van der Waals surface area contributed by atoms with Gasteiger partial charge in [-0.05, 0) is 32.1 Å². The van der Waals surface area contributed by atoms with Crippen molar-refractivity contribution in [2.45, 2.75) is 76.1 Å². The number of alkyl halides is 3. The molecule has 0 aromatic carbocycles. The lowest BCUT2D eigenvalue weighted by Crippen LogP contribution is -2.40. The van der Waals surface area contributed by atoms with Crippen molar-refractivity contribution in [3.05, 3.63) is 0 Å². The first-order valence-corrected chi connectivity index (χ1v) is 7.97. The van der Waals surface area contributed by atoms with Crippen LogP contribution in [0.15, 0.2) is 0 Å². The highest BCUT2D eigenvalue weighted by Gasteiger charge is 2.41. The molecule has 2 atom stereocenters. The smallest absolute Gasteiger partial charge is 0.377 e. The van der Waals surface area contributed by atoms with Gasteiger partial charge in [-0.1, -0.05) is 25.7 Å². The molecular formula is C15H26F3NO. The summed E-state index contributed by atoms with van der Waals surface area (Å²) in [6.45, 7) is 1.30. The molecule has 2 saturated carbocycles. The minimum absolute atomic E-state index is 0.00494. The second-order valence-electron chi connectivity index (χ2n) is 6.19. The minimum Gasteiger partial charge on any atom is -0.377 e.